The molecule has 0 radical (unpaired) electrons. The lowest BCUT2D eigenvalue weighted by molar-refractivity contribution is 0.246. The zero-order chi connectivity index (χ0) is 12.8. The minimum absolute atomic E-state index is 0.293. The van der Waals surface area contributed by atoms with Crippen LogP contribution in [0.4, 0.5) is 0 Å². The molecule has 2 unspecified atom stereocenters. The summed E-state index contributed by atoms with van der Waals surface area (Å²) in [4.78, 5) is 0. The molecule has 0 aromatic heterocycles. The second-order valence-corrected chi connectivity index (χ2v) is 5.37. The van der Waals surface area contributed by atoms with Crippen molar-refractivity contribution in [1.82, 2.24) is 5.32 Å². The van der Waals surface area contributed by atoms with Crippen LogP contribution in [0.1, 0.15) is 50.6 Å². The van der Waals surface area contributed by atoms with Gasteiger partial charge in [-0.05, 0) is 37.2 Å². The molecule has 1 aliphatic carbocycles. The van der Waals surface area contributed by atoms with Gasteiger partial charge in [0, 0.05) is 18.7 Å². The van der Waals surface area contributed by atoms with Gasteiger partial charge in [0.2, 0.25) is 0 Å². The Balaban J connectivity index is 2.00. The van der Waals surface area contributed by atoms with E-state index in [1.54, 1.807) is 0 Å². The zero-order valence-electron chi connectivity index (χ0n) is 11.3. The van der Waals surface area contributed by atoms with E-state index in [-0.39, 0.29) is 0 Å². The topological polar surface area (TPSA) is 32.3 Å². The molecule has 1 aromatic rings. The van der Waals surface area contributed by atoms with E-state index in [9.17, 15) is 5.11 Å². The Morgan fingerprint density at radius 2 is 1.94 bits per heavy atom. The maximum absolute atomic E-state index is 9.19. The first kappa shape index (κ1) is 13.6. The highest BCUT2D eigenvalue weighted by molar-refractivity contribution is 5.19. The second kappa shape index (κ2) is 6.91. The highest BCUT2D eigenvalue weighted by Gasteiger charge is 2.32. The Kier molecular flexibility index (Phi) is 5.21. The highest BCUT2D eigenvalue weighted by atomic mass is 16.3. The van der Waals surface area contributed by atoms with Crippen molar-refractivity contribution >= 4 is 0 Å². The summed E-state index contributed by atoms with van der Waals surface area (Å²) in [7, 11) is 0. The molecule has 0 bridgehead atoms. The summed E-state index contributed by atoms with van der Waals surface area (Å²) in [5.74, 6) is 0.792. The van der Waals surface area contributed by atoms with Gasteiger partial charge in [-0.25, -0.2) is 0 Å². The van der Waals surface area contributed by atoms with E-state index < -0.39 is 0 Å². The summed E-state index contributed by atoms with van der Waals surface area (Å²) in [6.07, 6.45) is 5.88. The molecule has 2 nitrogen and oxygen atoms in total. The lowest BCUT2D eigenvalue weighted by Gasteiger charge is -2.25. The quantitative estimate of drug-likeness (QED) is 0.739. The Bertz CT molecular complexity index is 334. The van der Waals surface area contributed by atoms with Crippen LogP contribution in [0.25, 0.3) is 0 Å². The number of aliphatic hydroxyl groups excluding tert-OH is 1. The van der Waals surface area contributed by atoms with Crippen molar-refractivity contribution in [3.63, 3.8) is 0 Å². The van der Waals surface area contributed by atoms with Crippen LogP contribution >= 0.6 is 0 Å². The molecular formula is C16H25NO. The fourth-order valence-corrected chi connectivity index (χ4v) is 2.67. The summed E-state index contributed by atoms with van der Waals surface area (Å²) in [6.45, 7) is 2.53. The minimum atomic E-state index is 0.293. The average molecular weight is 247 g/mol. The summed E-state index contributed by atoms with van der Waals surface area (Å²) in [5.41, 5.74) is 1.38. The SMILES string of the molecule is CCCC(NC(CCO)C1CC1)c1ccccc1. The predicted molar refractivity (Wildman–Crippen MR) is 75.4 cm³/mol. The molecule has 1 saturated carbocycles. The van der Waals surface area contributed by atoms with Crippen LogP contribution in [-0.4, -0.2) is 17.8 Å². The second-order valence-electron chi connectivity index (χ2n) is 5.37. The molecule has 100 valence electrons. The molecule has 1 aliphatic rings. The van der Waals surface area contributed by atoms with Crippen LogP contribution < -0.4 is 5.32 Å². The van der Waals surface area contributed by atoms with Crippen molar-refractivity contribution in [2.75, 3.05) is 6.61 Å². The van der Waals surface area contributed by atoms with E-state index >= 15 is 0 Å². The van der Waals surface area contributed by atoms with E-state index in [1.807, 2.05) is 0 Å². The first-order chi connectivity index (χ1) is 8.85. The van der Waals surface area contributed by atoms with Crippen molar-refractivity contribution in [3.8, 4) is 0 Å². The van der Waals surface area contributed by atoms with E-state index in [4.69, 9.17) is 0 Å². The third kappa shape index (κ3) is 3.82. The highest BCUT2D eigenvalue weighted by Crippen LogP contribution is 2.35. The maximum Gasteiger partial charge on any atom is 0.0445 e. The van der Waals surface area contributed by atoms with E-state index in [2.05, 4.69) is 42.6 Å². The molecule has 0 amide bonds. The van der Waals surface area contributed by atoms with Crippen LogP contribution in [0.5, 0.6) is 0 Å². The zero-order valence-corrected chi connectivity index (χ0v) is 11.3. The Labute approximate surface area is 110 Å². The largest absolute Gasteiger partial charge is 0.396 e. The molecule has 2 N–H and O–H groups in total. The third-order valence-corrected chi connectivity index (χ3v) is 3.83. The molecule has 0 aliphatic heterocycles. The first-order valence-corrected chi connectivity index (χ1v) is 7.27. The maximum atomic E-state index is 9.19. The smallest absolute Gasteiger partial charge is 0.0445 e. The summed E-state index contributed by atoms with van der Waals surface area (Å²) in [5, 5.41) is 13.0. The fraction of sp³-hybridized carbons (Fsp3) is 0.625. The number of rotatable bonds is 8. The normalized spacial score (nSPS) is 18.6. The van der Waals surface area contributed by atoms with Crippen LogP contribution in [0.15, 0.2) is 30.3 Å². The summed E-state index contributed by atoms with van der Waals surface area (Å²) in [6, 6.07) is 11.6. The van der Waals surface area contributed by atoms with Gasteiger partial charge in [-0.1, -0.05) is 43.7 Å². The summed E-state index contributed by atoms with van der Waals surface area (Å²) < 4.78 is 0. The van der Waals surface area contributed by atoms with Crippen molar-refractivity contribution in [2.45, 2.75) is 51.1 Å². The van der Waals surface area contributed by atoms with Gasteiger partial charge in [-0.15, -0.1) is 0 Å². The number of hydrogen-bond donors (Lipinski definition) is 2. The number of aliphatic hydroxyl groups is 1. The summed E-state index contributed by atoms with van der Waals surface area (Å²) >= 11 is 0. The van der Waals surface area contributed by atoms with Gasteiger partial charge in [0.15, 0.2) is 0 Å². The number of hydrogen-bond acceptors (Lipinski definition) is 2. The molecular weight excluding hydrogens is 222 g/mol. The lowest BCUT2D eigenvalue weighted by atomic mass is 9.99. The molecule has 2 rings (SSSR count). The van der Waals surface area contributed by atoms with Gasteiger partial charge in [-0.3, -0.25) is 0 Å². The van der Waals surface area contributed by atoms with Crippen molar-refractivity contribution < 1.29 is 5.11 Å². The van der Waals surface area contributed by atoms with Crippen molar-refractivity contribution in [1.29, 1.82) is 0 Å². The molecule has 18 heavy (non-hydrogen) atoms. The first-order valence-electron chi connectivity index (χ1n) is 7.27. The van der Waals surface area contributed by atoms with E-state index in [0.717, 1.165) is 12.3 Å². The van der Waals surface area contributed by atoms with Gasteiger partial charge in [0.25, 0.3) is 0 Å². The minimum Gasteiger partial charge on any atom is -0.396 e. The molecule has 0 heterocycles. The Morgan fingerprint density at radius 3 is 2.50 bits per heavy atom. The molecule has 0 saturated heterocycles. The average Bonchev–Trinajstić information content (AvgIpc) is 3.23. The van der Waals surface area contributed by atoms with Gasteiger partial charge in [-0.2, -0.15) is 0 Å². The Morgan fingerprint density at radius 1 is 1.22 bits per heavy atom. The van der Waals surface area contributed by atoms with Crippen LogP contribution in [0.3, 0.4) is 0 Å². The lowest BCUT2D eigenvalue weighted by Crippen LogP contribution is -2.35. The van der Waals surface area contributed by atoms with Gasteiger partial charge < -0.3 is 10.4 Å². The molecule has 0 spiro atoms. The van der Waals surface area contributed by atoms with E-state index in [0.29, 0.717) is 18.7 Å². The molecule has 1 aromatic carbocycles. The third-order valence-electron chi connectivity index (χ3n) is 3.83. The van der Waals surface area contributed by atoms with Crippen LogP contribution in [0.2, 0.25) is 0 Å². The number of benzene rings is 1. The molecule has 2 heteroatoms. The standard InChI is InChI=1S/C16H25NO/c1-2-6-15(13-7-4-3-5-8-13)17-16(11-12-18)14-9-10-14/h3-5,7-8,14-18H,2,6,9-12H2,1H3. The van der Waals surface area contributed by atoms with Crippen molar-refractivity contribution in [3.05, 3.63) is 35.9 Å². The van der Waals surface area contributed by atoms with Gasteiger partial charge in [0.05, 0.1) is 0 Å². The monoisotopic (exact) mass is 247 g/mol. The van der Waals surface area contributed by atoms with Crippen LogP contribution in [0, 0.1) is 5.92 Å². The fourth-order valence-electron chi connectivity index (χ4n) is 2.67. The van der Waals surface area contributed by atoms with Crippen LogP contribution in [-0.2, 0) is 0 Å². The molecule has 1 fully saturated rings. The number of nitrogens with one attached hydrogen (secondary N) is 1. The van der Waals surface area contributed by atoms with Crippen molar-refractivity contribution in [2.24, 2.45) is 5.92 Å². The van der Waals surface area contributed by atoms with Gasteiger partial charge in [0.1, 0.15) is 0 Å². The predicted octanol–water partition coefficient (Wildman–Crippen LogP) is 3.28. The van der Waals surface area contributed by atoms with E-state index in [1.165, 1.54) is 31.2 Å². The van der Waals surface area contributed by atoms with Gasteiger partial charge >= 0.3 is 0 Å². The Hall–Kier alpha value is -0.860. The molecule has 2 atom stereocenters.